The summed E-state index contributed by atoms with van der Waals surface area (Å²) in [5, 5.41) is 8.27. The molecule has 6 rings (SSSR count). The minimum absolute atomic E-state index is 0.173. The van der Waals surface area contributed by atoms with Crippen molar-refractivity contribution in [3.63, 3.8) is 0 Å². The molecule has 1 N–H and O–H groups in total. The minimum atomic E-state index is -0.418. The number of benzene rings is 3. The number of nitrogens with zero attached hydrogens (tertiary/aromatic N) is 2. The molecular formula is C30H20ClN3O3S. The molecule has 0 fully saturated rings. The zero-order valence-electron chi connectivity index (χ0n) is 20.1. The first-order chi connectivity index (χ1) is 18.5. The van der Waals surface area contributed by atoms with Crippen LogP contribution in [0.25, 0.3) is 39.1 Å². The predicted molar refractivity (Wildman–Crippen MR) is 155 cm³/mol. The number of aromatic nitrogens is 2. The Morgan fingerprint density at radius 1 is 0.921 bits per heavy atom. The summed E-state index contributed by atoms with van der Waals surface area (Å²) in [6.07, 6.45) is 3.32. The maximum absolute atomic E-state index is 13.4. The van der Waals surface area contributed by atoms with Crippen LogP contribution in [-0.2, 0) is 0 Å². The Morgan fingerprint density at radius 2 is 1.63 bits per heavy atom. The average molecular weight is 538 g/mol. The monoisotopic (exact) mass is 537 g/mol. The van der Waals surface area contributed by atoms with Gasteiger partial charge in [0.1, 0.15) is 5.58 Å². The van der Waals surface area contributed by atoms with Crippen LogP contribution in [0.5, 0.6) is 0 Å². The number of nitrogens with one attached hydrogen (secondary N) is 1. The first-order valence-corrected chi connectivity index (χ1v) is 13.1. The minimum Gasteiger partial charge on any atom is -0.464 e. The molecule has 0 aliphatic carbocycles. The molecule has 0 amide bonds. The average Bonchev–Trinajstić information content (AvgIpc) is 2.94. The summed E-state index contributed by atoms with van der Waals surface area (Å²) < 4.78 is 5.78. The fraction of sp³-hybridized carbons (Fsp3) is 0.0667. The molecule has 1 atom stereocenters. The van der Waals surface area contributed by atoms with Crippen molar-refractivity contribution in [3.8, 4) is 22.4 Å². The number of rotatable bonds is 4. The van der Waals surface area contributed by atoms with E-state index in [1.165, 1.54) is 18.0 Å². The number of halogens is 1. The molecule has 1 unspecified atom stereocenters. The second-order valence-corrected chi connectivity index (χ2v) is 10.5. The zero-order chi connectivity index (χ0) is 26.2. The Kier molecular flexibility index (Phi) is 6.31. The summed E-state index contributed by atoms with van der Waals surface area (Å²) in [6.45, 7) is 1.86. The summed E-state index contributed by atoms with van der Waals surface area (Å²) in [6, 6.07) is 24.3. The zero-order valence-corrected chi connectivity index (χ0v) is 21.7. The molecule has 3 heterocycles. The Balaban J connectivity index is 1.58. The maximum atomic E-state index is 13.4. The SMILES string of the molecule is CC1=NC(c2c(-c3ccccc3)c(-c3ccccc3)n[nH]c2=O)=CC(c2coc3ccc(Cl)cc3c2=O)S1. The third kappa shape index (κ3) is 4.40. The second kappa shape index (κ2) is 9.93. The molecule has 1 aliphatic rings. The second-order valence-electron chi connectivity index (χ2n) is 8.77. The third-order valence-corrected chi connectivity index (χ3v) is 7.61. The summed E-state index contributed by atoms with van der Waals surface area (Å²) >= 11 is 7.58. The van der Waals surface area contributed by atoms with Crippen molar-refractivity contribution in [2.75, 3.05) is 0 Å². The van der Waals surface area contributed by atoms with Gasteiger partial charge in [-0.2, -0.15) is 5.10 Å². The van der Waals surface area contributed by atoms with E-state index in [-0.39, 0.29) is 11.0 Å². The van der Waals surface area contributed by atoms with Crippen molar-refractivity contribution in [2.24, 2.45) is 4.99 Å². The van der Waals surface area contributed by atoms with Gasteiger partial charge in [0.15, 0.2) is 5.43 Å². The van der Waals surface area contributed by atoms with E-state index in [0.717, 1.165) is 16.2 Å². The van der Waals surface area contributed by atoms with Crippen LogP contribution in [0.3, 0.4) is 0 Å². The Hall–Kier alpha value is -4.20. The van der Waals surface area contributed by atoms with E-state index in [1.807, 2.05) is 73.7 Å². The molecule has 0 saturated carbocycles. The Labute approximate surface area is 226 Å². The Bertz CT molecular complexity index is 1860. The van der Waals surface area contributed by atoms with Gasteiger partial charge in [-0.25, -0.2) is 10.1 Å². The van der Waals surface area contributed by atoms with Gasteiger partial charge in [0.2, 0.25) is 0 Å². The van der Waals surface area contributed by atoms with Crippen LogP contribution in [-0.4, -0.2) is 15.2 Å². The number of hydrogen-bond donors (Lipinski definition) is 1. The van der Waals surface area contributed by atoms with Crippen molar-refractivity contribution in [3.05, 3.63) is 128 Å². The smallest absolute Gasteiger partial charge is 0.274 e. The molecule has 2 aromatic heterocycles. The van der Waals surface area contributed by atoms with Crippen molar-refractivity contribution < 1.29 is 4.42 Å². The molecule has 6 nitrogen and oxygen atoms in total. The van der Waals surface area contributed by atoms with E-state index in [0.29, 0.717) is 44.1 Å². The number of hydrogen-bond acceptors (Lipinski definition) is 6. The molecule has 8 heteroatoms. The summed E-state index contributed by atoms with van der Waals surface area (Å²) in [4.78, 5) is 31.6. The lowest BCUT2D eigenvalue weighted by molar-refractivity contribution is 0.594. The van der Waals surface area contributed by atoms with Crippen LogP contribution in [0.15, 0.2) is 110 Å². The van der Waals surface area contributed by atoms with Gasteiger partial charge < -0.3 is 4.42 Å². The van der Waals surface area contributed by atoms with Gasteiger partial charge in [0, 0.05) is 16.1 Å². The lowest BCUT2D eigenvalue weighted by atomic mass is 9.93. The fourth-order valence-electron chi connectivity index (χ4n) is 4.59. The molecule has 186 valence electrons. The first kappa shape index (κ1) is 24.2. The quantitative estimate of drug-likeness (QED) is 0.264. The van der Waals surface area contributed by atoms with Crippen LogP contribution in [0.4, 0.5) is 0 Å². The summed E-state index contributed by atoms with van der Waals surface area (Å²) in [5.74, 6) is 0. The highest BCUT2D eigenvalue weighted by atomic mass is 35.5. The van der Waals surface area contributed by atoms with Crippen molar-refractivity contribution in [1.82, 2.24) is 10.2 Å². The molecule has 0 bridgehead atoms. The number of aromatic amines is 1. The van der Waals surface area contributed by atoms with Gasteiger partial charge in [-0.05, 0) is 36.8 Å². The summed E-state index contributed by atoms with van der Waals surface area (Å²) in [5.41, 5.74) is 4.24. The van der Waals surface area contributed by atoms with Crippen LogP contribution >= 0.6 is 23.4 Å². The topological polar surface area (TPSA) is 88.3 Å². The molecule has 0 saturated heterocycles. The van der Waals surface area contributed by atoms with E-state index in [9.17, 15) is 9.59 Å². The fourth-order valence-corrected chi connectivity index (χ4v) is 5.76. The third-order valence-electron chi connectivity index (χ3n) is 6.30. The van der Waals surface area contributed by atoms with Gasteiger partial charge in [-0.3, -0.25) is 9.59 Å². The standard InChI is InChI=1S/C30H20ClN3O3S/c1-17-32-23(15-25(38-17)22-16-37-24-13-12-20(31)14-21(24)29(22)35)27-26(18-8-4-2-5-9-18)28(33-34-30(27)36)19-10-6-3-7-11-19/h2-16,25H,1H3,(H,34,36). The molecule has 0 spiro atoms. The van der Waals surface area contributed by atoms with Gasteiger partial charge >= 0.3 is 0 Å². The van der Waals surface area contributed by atoms with E-state index in [2.05, 4.69) is 10.2 Å². The maximum Gasteiger partial charge on any atom is 0.274 e. The van der Waals surface area contributed by atoms with Crippen molar-refractivity contribution in [2.45, 2.75) is 12.2 Å². The van der Waals surface area contributed by atoms with E-state index in [1.54, 1.807) is 18.2 Å². The van der Waals surface area contributed by atoms with E-state index < -0.39 is 5.25 Å². The lowest BCUT2D eigenvalue weighted by Crippen LogP contribution is -2.19. The molecule has 0 radical (unpaired) electrons. The van der Waals surface area contributed by atoms with Crippen LogP contribution in [0.2, 0.25) is 5.02 Å². The van der Waals surface area contributed by atoms with E-state index >= 15 is 0 Å². The molecule has 5 aromatic rings. The van der Waals surface area contributed by atoms with Gasteiger partial charge in [0.05, 0.1) is 44.5 Å². The number of thioether (sulfide) groups is 1. The van der Waals surface area contributed by atoms with Crippen molar-refractivity contribution >= 4 is 45.1 Å². The molecule has 1 aliphatic heterocycles. The number of H-pyrrole nitrogens is 1. The molecule has 38 heavy (non-hydrogen) atoms. The van der Waals surface area contributed by atoms with E-state index in [4.69, 9.17) is 21.0 Å². The van der Waals surface area contributed by atoms with Crippen LogP contribution in [0, 0.1) is 0 Å². The lowest BCUT2D eigenvalue weighted by Gasteiger charge is -2.21. The van der Waals surface area contributed by atoms with Crippen LogP contribution in [0.1, 0.15) is 23.3 Å². The normalized spacial score (nSPS) is 15.3. The number of fused-ring (bicyclic) bond motifs is 1. The van der Waals surface area contributed by atoms with Crippen molar-refractivity contribution in [1.29, 1.82) is 0 Å². The van der Waals surface area contributed by atoms with Gasteiger partial charge in [0.25, 0.3) is 5.56 Å². The summed E-state index contributed by atoms with van der Waals surface area (Å²) in [7, 11) is 0. The molecule has 3 aromatic carbocycles. The molecular weight excluding hydrogens is 518 g/mol. The Morgan fingerprint density at radius 3 is 2.37 bits per heavy atom. The highest BCUT2D eigenvalue weighted by molar-refractivity contribution is 8.14. The van der Waals surface area contributed by atoms with Crippen LogP contribution < -0.4 is 11.0 Å². The number of aliphatic imine (C=N–C) groups is 1. The first-order valence-electron chi connectivity index (χ1n) is 11.9. The predicted octanol–water partition coefficient (Wildman–Crippen LogP) is 7.11. The highest BCUT2D eigenvalue weighted by Gasteiger charge is 2.27. The van der Waals surface area contributed by atoms with Gasteiger partial charge in [-0.1, -0.05) is 84.0 Å². The highest BCUT2D eigenvalue weighted by Crippen LogP contribution is 2.41. The largest absolute Gasteiger partial charge is 0.464 e. The van der Waals surface area contributed by atoms with Gasteiger partial charge in [-0.15, -0.1) is 0 Å².